The summed E-state index contributed by atoms with van der Waals surface area (Å²) >= 11 is 0. The highest BCUT2D eigenvalue weighted by atomic mass is 16.5. The predicted molar refractivity (Wildman–Crippen MR) is 123 cm³/mol. The van der Waals surface area contributed by atoms with Crippen LogP contribution in [-0.2, 0) is 23.9 Å². The molecule has 1 saturated carbocycles. The number of aromatic hydroxyl groups is 1. The van der Waals surface area contributed by atoms with Crippen LogP contribution < -0.4 is 10.1 Å². The van der Waals surface area contributed by atoms with Gasteiger partial charge in [-0.2, -0.15) is 0 Å². The van der Waals surface area contributed by atoms with Crippen molar-refractivity contribution in [3.8, 4) is 11.5 Å². The van der Waals surface area contributed by atoms with Gasteiger partial charge in [0, 0.05) is 22.9 Å². The van der Waals surface area contributed by atoms with Gasteiger partial charge in [0.25, 0.3) is 0 Å². The number of methoxy groups -OCH3 is 2. The second-order valence-electron chi connectivity index (χ2n) is 9.28. The molecule has 2 aliphatic carbocycles. The lowest BCUT2D eigenvalue weighted by molar-refractivity contribution is -0.151. The highest BCUT2D eigenvalue weighted by Gasteiger charge is 2.47. The van der Waals surface area contributed by atoms with Crippen LogP contribution in [-0.4, -0.2) is 43.2 Å². The predicted octanol–water partition coefficient (Wildman–Crippen LogP) is 3.50. The third kappa shape index (κ3) is 4.17. The van der Waals surface area contributed by atoms with Crippen molar-refractivity contribution in [3.63, 3.8) is 0 Å². The molecule has 1 fully saturated rings. The first-order valence-electron chi connectivity index (χ1n) is 11.7. The Labute approximate surface area is 199 Å². The Morgan fingerprint density at radius 3 is 2.50 bits per heavy atom. The Morgan fingerprint density at radius 2 is 1.85 bits per heavy atom. The first-order valence-corrected chi connectivity index (χ1v) is 11.7. The number of allylic oxidation sites excluding steroid dienone is 3. The summed E-state index contributed by atoms with van der Waals surface area (Å²) in [6.07, 6.45) is 3.96. The number of ketones is 1. The number of nitrogens with one attached hydrogen (secondary N) is 1. The fourth-order valence-electron chi connectivity index (χ4n) is 5.38. The van der Waals surface area contributed by atoms with Crippen LogP contribution in [0.2, 0.25) is 0 Å². The number of phenolic OH excluding ortho intramolecular Hbond substituents is 1. The van der Waals surface area contributed by atoms with Gasteiger partial charge in [-0.15, -0.1) is 0 Å². The summed E-state index contributed by atoms with van der Waals surface area (Å²) in [4.78, 5) is 39.7. The van der Waals surface area contributed by atoms with E-state index in [9.17, 15) is 19.5 Å². The Hall–Kier alpha value is -3.29. The molecule has 182 valence electrons. The first kappa shape index (κ1) is 23.9. The first-order chi connectivity index (χ1) is 16.3. The van der Waals surface area contributed by atoms with Gasteiger partial charge in [-0.3, -0.25) is 9.59 Å². The van der Waals surface area contributed by atoms with Crippen LogP contribution in [0.25, 0.3) is 0 Å². The van der Waals surface area contributed by atoms with Crippen LogP contribution >= 0.6 is 0 Å². The van der Waals surface area contributed by atoms with Crippen molar-refractivity contribution in [1.29, 1.82) is 0 Å². The molecule has 0 bridgehead atoms. The number of ether oxygens (including phenoxy) is 3. The van der Waals surface area contributed by atoms with Gasteiger partial charge < -0.3 is 24.6 Å². The van der Waals surface area contributed by atoms with Crippen LogP contribution in [0.1, 0.15) is 57.4 Å². The van der Waals surface area contributed by atoms with Crippen molar-refractivity contribution in [3.05, 3.63) is 46.3 Å². The van der Waals surface area contributed by atoms with E-state index in [0.29, 0.717) is 34.5 Å². The third-order valence-electron chi connectivity index (χ3n) is 7.08. The molecule has 1 aliphatic heterocycles. The minimum absolute atomic E-state index is 0.0544. The van der Waals surface area contributed by atoms with Gasteiger partial charge in [0.1, 0.15) is 12.0 Å². The van der Waals surface area contributed by atoms with Gasteiger partial charge in [-0.1, -0.05) is 13.0 Å². The van der Waals surface area contributed by atoms with Crippen LogP contribution in [0.4, 0.5) is 0 Å². The van der Waals surface area contributed by atoms with Gasteiger partial charge in [-0.25, -0.2) is 4.79 Å². The summed E-state index contributed by atoms with van der Waals surface area (Å²) in [5.74, 6) is -3.27. The molecule has 1 heterocycles. The summed E-state index contributed by atoms with van der Waals surface area (Å²) in [7, 11) is 2.70. The zero-order valence-corrected chi connectivity index (χ0v) is 20.0. The van der Waals surface area contributed by atoms with Crippen molar-refractivity contribution < 1.29 is 33.7 Å². The molecule has 0 radical (unpaired) electrons. The van der Waals surface area contributed by atoms with Crippen molar-refractivity contribution >= 4 is 17.7 Å². The molecule has 8 nitrogen and oxygen atoms in total. The topological polar surface area (TPSA) is 111 Å². The van der Waals surface area contributed by atoms with E-state index in [1.54, 1.807) is 19.1 Å². The molecule has 0 spiro atoms. The minimum Gasteiger partial charge on any atom is -0.504 e. The van der Waals surface area contributed by atoms with Crippen LogP contribution in [0, 0.1) is 11.8 Å². The van der Waals surface area contributed by atoms with Gasteiger partial charge in [0.05, 0.1) is 19.8 Å². The van der Waals surface area contributed by atoms with E-state index in [4.69, 9.17) is 14.2 Å². The molecule has 0 aromatic heterocycles. The van der Waals surface area contributed by atoms with Gasteiger partial charge >= 0.3 is 11.9 Å². The number of benzene rings is 1. The van der Waals surface area contributed by atoms with Gasteiger partial charge in [0.2, 0.25) is 0 Å². The van der Waals surface area contributed by atoms with E-state index >= 15 is 0 Å². The molecule has 34 heavy (non-hydrogen) atoms. The summed E-state index contributed by atoms with van der Waals surface area (Å²) in [5.41, 5.74) is 2.56. The van der Waals surface area contributed by atoms with Crippen molar-refractivity contribution in [2.45, 2.75) is 58.0 Å². The summed E-state index contributed by atoms with van der Waals surface area (Å²) in [6, 6.07) is 4.75. The maximum Gasteiger partial charge on any atom is 0.337 e. The van der Waals surface area contributed by atoms with E-state index < -0.39 is 23.8 Å². The average Bonchev–Trinajstić information content (AvgIpc) is 3.31. The zero-order valence-electron chi connectivity index (χ0n) is 20.0. The van der Waals surface area contributed by atoms with E-state index in [0.717, 1.165) is 25.7 Å². The Bertz CT molecular complexity index is 1080. The fourth-order valence-corrected chi connectivity index (χ4v) is 5.38. The molecular weight excluding hydrogens is 438 g/mol. The average molecular weight is 470 g/mol. The molecule has 0 unspecified atom stereocenters. The molecule has 8 heteroatoms. The maximum absolute atomic E-state index is 13.7. The SMILES string of the molecule is COC(=O)[C@H]1C(=O)C2=C(C[C@H]1C)NC(C)=C(C(=O)OC1CCCC1)[C@@H]2c1ccc(O)c(OC)c1. The highest BCUT2D eigenvalue weighted by molar-refractivity contribution is 6.12. The van der Waals surface area contributed by atoms with Crippen LogP contribution in [0.15, 0.2) is 40.7 Å². The summed E-state index contributed by atoms with van der Waals surface area (Å²) < 4.78 is 16.1. The molecule has 1 aromatic rings. The van der Waals surface area contributed by atoms with Gasteiger partial charge in [0.15, 0.2) is 17.3 Å². The monoisotopic (exact) mass is 469 g/mol. The van der Waals surface area contributed by atoms with Crippen molar-refractivity contribution in [1.82, 2.24) is 5.32 Å². The number of esters is 2. The number of carbonyl (C=O) groups excluding carboxylic acids is 3. The number of phenols is 1. The van der Waals surface area contributed by atoms with E-state index in [2.05, 4.69) is 5.32 Å². The standard InChI is InChI=1S/C26H31NO7/c1-13-11-17-23(24(29)20(13)25(30)33-4)22(15-9-10-18(28)19(12-15)32-3)21(14(2)27-17)26(31)34-16-7-5-6-8-16/h9-10,12-13,16,20,22,27-28H,5-8,11H2,1-4H3/t13-,20-,22+/m1/s1. The van der Waals surface area contributed by atoms with Crippen molar-refractivity contribution in [2.24, 2.45) is 11.8 Å². The van der Waals surface area contributed by atoms with E-state index in [-0.39, 0.29) is 29.3 Å². The number of Topliss-reactive ketones (excluding diaryl/α,β-unsaturated/α-hetero) is 1. The molecule has 1 aromatic carbocycles. The molecule has 0 saturated heterocycles. The highest BCUT2D eigenvalue weighted by Crippen LogP contribution is 2.47. The van der Waals surface area contributed by atoms with Crippen LogP contribution in [0.5, 0.6) is 11.5 Å². The minimum atomic E-state index is -0.961. The quantitative estimate of drug-likeness (QED) is 0.498. The lowest BCUT2D eigenvalue weighted by Crippen LogP contribution is -2.43. The van der Waals surface area contributed by atoms with Crippen LogP contribution in [0.3, 0.4) is 0 Å². The number of hydrogen-bond acceptors (Lipinski definition) is 8. The second kappa shape index (κ2) is 9.52. The van der Waals surface area contributed by atoms with E-state index in [1.807, 2.05) is 6.92 Å². The number of rotatable bonds is 5. The molecule has 0 amide bonds. The smallest absolute Gasteiger partial charge is 0.337 e. The summed E-state index contributed by atoms with van der Waals surface area (Å²) in [6.45, 7) is 3.63. The lowest BCUT2D eigenvalue weighted by Gasteiger charge is -2.38. The number of dihydropyridines is 1. The van der Waals surface area contributed by atoms with E-state index in [1.165, 1.54) is 20.3 Å². The lowest BCUT2D eigenvalue weighted by atomic mass is 9.69. The molecule has 2 N–H and O–H groups in total. The summed E-state index contributed by atoms with van der Waals surface area (Å²) in [5, 5.41) is 13.4. The molecule has 3 aliphatic rings. The third-order valence-corrected chi connectivity index (χ3v) is 7.08. The normalized spacial score (nSPS) is 25.1. The number of carbonyl (C=O) groups is 3. The fraction of sp³-hybridized carbons (Fsp3) is 0.500. The number of hydrogen-bond donors (Lipinski definition) is 2. The molecular formula is C26H31NO7. The largest absolute Gasteiger partial charge is 0.504 e. The zero-order chi connectivity index (χ0) is 24.6. The van der Waals surface area contributed by atoms with Crippen molar-refractivity contribution in [2.75, 3.05) is 14.2 Å². The molecule has 4 rings (SSSR count). The maximum atomic E-state index is 13.7. The Kier molecular flexibility index (Phi) is 6.68. The van der Waals surface area contributed by atoms with Gasteiger partial charge in [-0.05, 0) is 62.6 Å². The Morgan fingerprint density at radius 1 is 1.15 bits per heavy atom. The molecule has 3 atom stereocenters. The second-order valence-corrected chi connectivity index (χ2v) is 9.28. The Balaban J connectivity index is 1.84.